The van der Waals surface area contributed by atoms with Crippen LogP contribution in [0.15, 0.2) is 0 Å². The van der Waals surface area contributed by atoms with E-state index in [0.29, 0.717) is 6.54 Å². The molecule has 2 N–H and O–H groups in total. The average Bonchev–Trinajstić information content (AvgIpc) is 2.32. The number of rotatable bonds is 1. The van der Waals surface area contributed by atoms with E-state index < -0.39 is 5.91 Å². The van der Waals surface area contributed by atoms with Crippen molar-refractivity contribution < 1.29 is 11.0 Å². The van der Waals surface area contributed by atoms with Crippen LogP contribution in [0, 0.1) is 0 Å². The smallest absolute Gasteiger partial charge is 0.240 e. The highest BCUT2D eigenvalue weighted by atomic mass is 16.2. The fraction of sp³-hybridized carbons (Fsp3) is 0.714. The molecule has 11 heavy (non-hydrogen) atoms. The highest BCUT2D eigenvalue weighted by Gasteiger charge is 2.30. The third-order valence-electron chi connectivity index (χ3n) is 1.99. The fourth-order valence-electron chi connectivity index (χ4n) is 1.44. The molecular weight excluding hydrogens is 144 g/mol. The van der Waals surface area contributed by atoms with Crippen LogP contribution in [-0.2, 0) is 9.59 Å². The first-order valence-electron chi connectivity index (χ1n) is 3.69. The van der Waals surface area contributed by atoms with Crippen molar-refractivity contribution in [3.63, 3.8) is 0 Å². The normalized spacial score (nSPS) is 23.7. The van der Waals surface area contributed by atoms with Crippen LogP contribution in [0.4, 0.5) is 0 Å². The maximum absolute atomic E-state index is 10.9. The zero-order chi connectivity index (χ0) is 8.43. The Hall–Kier alpha value is -1.06. The van der Waals surface area contributed by atoms with Crippen molar-refractivity contribution in [3.05, 3.63) is 0 Å². The van der Waals surface area contributed by atoms with Gasteiger partial charge < -0.3 is 10.6 Å². The van der Waals surface area contributed by atoms with Crippen LogP contribution < -0.4 is 5.73 Å². The van der Waals surface area contributed by atoms with Gasteiger partial charge in [0.25, 0.3) is 0 Å². The molecule has 1 atom stereocenters. The number of nitrogens with two attached hydrogens (primary N) is 1. The number of hydrogen-bond donors (Lipinski definition) is 1. The molecule has 1 aliphatic rings. The van der Waals surface area contributed by atoms with Crippen molar-refractivity contribution in [2.45, 2.75) is 25.8 Å². The summed E-state index contributed by atoms with van der Waals surface area (Å²) in [5.41, 5.74) is 5.09. The molecule has 4 nitrogen and oxygen atoms in total. The van der Waals surface area contributed by atoms with Crippen LogP contribution >= 0.6 is 0 Å². The summed E-state index contributed by atoms with van der Waals surface area (Å²) < 4.78 is 0. The summed E-state index contributed by atoms with van der Waals surface area (Å²) in [5.74, 6) is -0.455. The van der Waals surface area contributed by atoms with Gasteiger partial charge in [-0.1, -0.05) is 0 Å². The molecule has 0 unspecified atom stereocenters. The van der Waals surface area contributed by atoms with Gasteiger partial charge in [-0.3, -0.25) is 9.59 Å². The molecular formula is C7H14N2O2. The topological polar surface area (TPSA) is 63.4 Å². The van der Waals surface area contributed by atoms with Crippen LogP contribution in [0.25, 0.3) is 0 Å². The lowest BCUT2D eigenvalue weighted by molar-refractivity contribution is -0.135. The van der Waals surface area contributed by atoms with E-state index in [1.165, 1.54) is 11.8 Å². The molecule has 1 aliphatic heterocycles. The largest absolute Gasteiger partial charge is 0.368 e. The molecule has 1 fully saturated rings. The molecule has 0 aromatic carbocycles. The second-order valence-corrected chi connectivity index (χ2v) is 2.77. The second kappa shape index (κ2) is 2.90. The summed E-state index contributed by atoms with van der Waals surface area (Å²) in [4.78, 5) is 23.2. The summed E-state index contributed by atoms with van der Waals surface area (Å²) in [7, 11) is 0. The molecule has 2 amide bonds. The molecule has 1 saturated heterocycles. The van der Waals surface area contributed by atoms with Gasteiger partial charge in [-0.25, -0.2) is 0 Å². The molecule has 1 heterocycles. The van der Waals surface area contributed by atoms with Gasteiger partial charge in [-0.2, -0.15) is 0 Å². The quantitative estimate of drug-likeness (QED) is 0.571. The Morgan fingerprint density at radius 1 is 1.64 bits per heavy atom. The fourth-order valence-corrected chi connectivity index (χ4v) is 1.44. The summed E-state index contributed by atoms with van der Waals surface area (Å²) in [6, 6.07) is -0.354. The van der Waals surface area contributed by atoms with Crippen molar-refractivity contribution in [2.75, 3.05) is 6.54 Å². The molecule has 0 bridgehead atoms. The van der Waals surface area contributed by atoms with Gasteiger partial charge in [0.15, 0.2) is 0 Å². The second-order valence-electron chi connectivity index (χ2n) is 2.77. The molecule has 0 radical (unpaired) electrons. The summed E-state index contributed by atoms with van der Waals surface area (Å²) in [5, 5.41) is 0. The lowest BCUT2D eigenvalue weighted by Gasteiger charge is -2.19. The maximum atomic E-state index is 10.9. The van der Waals surface area contributed by atoms with Gasteiger partial charge in [0.2, 0.25) is 11.8 Å². The molecule has 0 spiro atoms. The minimum absolute atomic E-state index is 0. The average molecular weight is 158 g/mol. The van der Waals surface area contributed by atoms with E-state index in [1.54, 1.807) is 0 Å². The lowest BCUT2D eigenvalue weighted by Crippen LogP contribution is -2.42. The standard InChI is InChI=1S/C7H12N2O2.H2/c1-5(10)9-4-2-3-6(9)7(8)11;/h6H,2-4H2,1H3,(H2,8,11);1H/t6-;/m0./s1. The number of carbonyl (C=O) groups is 2. The van der Waals surface area contributed by atoms with Crippen molar-refractivity contribution in [1.82, 2.24) is 4.90 Å². The third-order valence-corrected chi connectivity index (χ3v) is 1.99. The number of amides is 2. The van der Waals surface area contributed by atoms with Crippen LogP contribution in [0.1, 0.15) is 21.2 Å². The van der Waals surface area contributed by atoms with Crippen molar-refractivity contribution in [2.24, 2.45) is 5.73 Å². The first-order chi connectivity index (χ1) is 5.13. The Morgan fingerprint density at radius 2 is 2.27 bits per heavy atom. The zero-order valence-corrected chi connectivity index (χ0v) is 6.54. The minimum atomic E-state index is -0.391. The summed E-state index contributed by atoms with van der Waals surface area (Å²) in [6.45, 7) is 2.13. The third kappa shape index (κ3) is 1.50. The van der Waals surface area contributed by atoms with Crippen LogP contribution in [0.3, 0.4) is 0 Å². The Labute approximate surface area is 66.8 Å². The van der Waals surface area contributed by atoms with Gasteiger partial charge in [-0.15, -0.1) is 0 Å². The van der Waals surface area contributed by atoms with Crippen molar-refractivity contribution in [1.29, 1.82) is 0 Å². The van der Waals surface area contributed by atoms with Gasteiger partial charge in [0, 0.05) is 14.9 Å². The van der Waals surface area contributed by atoms with Gasteiger partial charge >= 0.3 is 0 Å². The highest BCUT2D eigenvalue weighted by molar-refractivity contribution is 5.86. The SMILES string of the molecule is CC(=O)N1CCC[C@H]1C(N)=O.[HH]. The lowest BCUT2D eigenvalue weighted by atomic mass is 10.2. The number of likely N-dealkylation sites (tertiary alicyclic amines) is 1. The van der Waals surface area contributed by atoms with Gasteiger partial charge in [-0.05, 0) is 12.8 Å². The molecule has 64 valence electrons. The molecule has 0 aromatic heterocycles. The molecule has 0 saturated carbocycles. The van der Waals surface area contributed by atoms with Crippen LogP contribution in [-0.4, -0.2) is 29.3 Å². The van der Waals surface area contributed by atoms with E-state index in [4.69, 9.17) is 5.73 Å². The number of nitrogens with zero attached hydrogens (tertiary/aromatic N) is 1. The zero-order valence-electron chi connectivity index (χ0n) is 6.54. The van der Waals surface area contributed by atoms with E-state index in [0.717, 1.165) is 12.8 Å². The number of carbonyl (C=O) groups excluding carboxylic acids is 2. The Kier molecular flexibility index (Phi) is 2.12. The van der Waals surface area contributed by atoms with Crippen LogP contribution in [0.5, 0.6) is 0 Å². The van der Waals surface area contributed by atoms with E-state index in [9.17, 15) is 9.59 Å². The Balaban J connectivity index is 0.00000121. The molecule has 0 aliphatic carbocycles. The summed E-state index contributed by atoms with van der Waals surface area (Å²) in [6.07, 6.45) is 1.60. The van der Waals surface area contributed by atoms with E-state index in [-0.39, 0.29) is 13.4 Å². The van der Waals surface area contributed by atoms with Gasteiger partial charge in [0.05, 0.1) is 0 Å². The predicted octanol–water partition coefficient (Wildman–Crippen LogP) is -0.271. The van der Waals surface area contributed by atoms with Crippen LogP contribution in [0.2, 0.25) is 0 Å². The van der Waals surface area contributed by atoms with Gasteiger partial charge in [0.1, 0.15) is 6.04 Å². The highest BCUT2D eigenvalue weighted by Crippen LogP contribution is 2.16. The predicted molar refractivity (Wildman–Crippen MR) is 41.7 cm³/mol. The minimum Gasteiger partial charge on any atom is -0.368 e. The van der Waals surface area contributed by atoms with E-state index in [2.05, 4.69) is 0 Å². The maximum Gasteiger partial charge on any atom is 0.240 e. The first kappa shape index (κ1) is 8.04. The number of primary amides is 1. The Bertz CT molecular complexity index is 176. The van der Waals surface area contributed by atoms with E-state index in [1.807, 2.05) is 0 Å². The monoisotopic (exact) mass is 158 g/mol. The molecule has 4 heteroatoms. The first-order valence-corrected chi connectivity index (χ1v) is 3.69. The summed E-state index contributed by atoms with van der Waals surface area (Å²) >= 11 is 0. The van der Waals surface area contributed by atoms with E-state index >= 15 is 0 Å². The van der Waals surface area contributed by atoms with Crippen molar-refractivity contribution >= 4 is 11.8 Å². The molecule has 0 aromatic rings. The number of hydrogen-bond acceptors (Lipinski definition) is 2. The van der Waals surface area contributed by atoms with Crippen molar-refractivity contribution in [3.8, 4) is 0 Å². The molecule has 1 rings (SSSR count). The Morgan fingerprint density at radius 3 is 2.64 bits per heavy atom.